The zero-order valence-electron chi connectivity index (χ0n) is 28.0. The predicted molar refractivity (Wildman–Crippen MR) is 182 cm³/mol. The van der Waals surface area contributed by atoms with Gasteiger partial charge in [-0.1, -0.05) is 49.4 Å². The van der Waals surface area contributed by atoms with E-state index in [0.29, 0.717) is 31.8 Å². The van der Waals surface area contributed by atoms with Gasteiger partial charge in [0.15, 0.2) is 6.29 Å². The number of carbonyl (C=O) groups is 1. The number of hydrogen-bond donors (Lipinski definition) is 2. The normalized spacial score (nSPS) is 20.8. The van der Waals surface area contributed by atoms with Crippen LogP contribution in [0.5, 0.6) is 11.5 Å². The summed E-state index contributed by atoms with van der Waals surface area (Å²) in [6.45, 7) is 10.3. The number of carbonyl (C=O) groups excluding carboxylic acids is 1. The van der Waals surface area contributed by atoms with Crippen molar-refractivity contribution in [3.63, 3.8) is 0 Å². The van der Waals surface area contributed by atoms with Crippen molar-refractivity contribution in [1.29, 1.82) is 0 Å². The molecule has 2 aliphatic heterocycles. The van der Waals surface area contributed by atoms with Crippen molar-refractivity contribution in [2.24, 2.45) is 11.8 Å². The Morgan fingerprint density at radius 1 is 1.12 bits per heavy atom. The summed E-state index contributed by atoms with van der Waals surface area (Å²) >= 11 is 0. The number of hydrogen-bond acceptors (Lipinski definition) is 9. The van der Waals surface area contributed by atoms with E-state index in [1.54, 1.807) is 18.2 Å². The molecule has 1 amide bonds. The molecule has 0 radical (unpaired) electrons. The molecule has 0 spiro atoms. The van der Waals surface area contributed by atoms with Crippen molar-refractivity contribution in [3.05, 3.63) is 79.4 Å². The monoisotopic (exact) mass is 686 g/mol. The summed E-state index contributed by atoms with van der Waals surface area (Å²) in [5, 5.41) is 14.6. The lowest BCUT2D eigenvalue weighted by atomic mass is 10.0. The third-order valence-electron chi connectivity index (χ3n) is 8.61. The zero-order chi connectivity index (χ0) is 34.5. The predicted octanol–water partition coefficient (Wildman–Crippen LogP) is 5.09. The minimum Gasteiger partial charge on any atom is -0.497 e. The second kappa shape index (κ2) is 18.4. The summed E-state index contributed by atoms with van der Waals surface area (Å²) < 4.78 is 58.4. The third kappa shape index (κ3) is 10.3. The number of ether oxygens (including phenoxy) is 5. The quantitative estimate of drug-likeness (QED) is 0.144. The van der Waals surface area contributed by atoms with Crippen LogP contribution in [0.4, 0.5) is 4.79 Å². The SMILES string of the molecule is C=CCCCCOc1cc(OC)ccc1S(=O)(=O)N(CC(C)CC=C)C[C@@H](O)[C@H](Cc1ccccc1)NC(=O)O[C@H]1CO[C@H]2OCC[C@H]21. The molecule has 264 valence electrons. The molecule has 2 aromatic rings. The Balaban J connectivity index is 1.58. The molecule has 48 heavy (non-hydrogen) atoms. The molecule has 12 heteroatoms. The van der Waals surface area contributed by atoms with Crippen LogP contribution in [0.3, 0.4) is 0 Å². The average molecular weight is 687 g/mol. The van der Waals surface area contributed by atoms with E-state index in [2.05, 4.69) is 18.5 Å². The molecule has 0 saturated carbocycles. The molecule has 2 aromatic carbocycles. The molecule has 11 nitrogen and oxygen atoms in total. The number of sulfonamides is 1. The molecule has 2 aliphatic rings. The van der Waals surface area contributed by atoms with Gasteiger partial charge in [-0.15, -0.1) is 13.2 Å². The lowest BCUT2D eigenvalue weighted by molar-refractivity contribution is -0.0907. The van der Waals surface area contributed by atoms with Gasteiger partial charge in [-0.2, -0.15) is 4.31 Å². The second-order valence-electron chi connectivity index (χ2n) is 12.4. The van der Waals surface area contributed by atoms with Crippen LogP contribution in [-0.2, 0) is 30.7 Å². The van der Waals surface area contributed by atoms with Gasteiger partial charge in [0.05, 0.1) is 45.0 Å². The summed E-state index contributed by atoms with van der Waals surface area (Å²) in [6.07, 6.45) is 4.61. The highest BCUT2D eigenvalue weighted by atomic mass is 32.2. The van der Waals surface area contributed by atoms with Gasteiger partial charge < -0.3 is 34.1 Å². The van der Waals surface area contributed by atoms with Gasteiger partial charge in [-0.3, -0.25) is 0 Å². The average Bonchev–Trinajstić information content (AvgIpc) is 3.69. The van der Waals surface area contributed by atoms with E-state index in [1.807, 2.05) is 43.3 Å². The Morgan fingerprint density at radius 3 is 2.65 bits per heavy atom. The number of amides is 1. The van der Waals surface area contributed by atoms with E-state index in [9.17, 15) is 18.3 Å². The van der Waals surface area contributed by atoms with Crippen LogP contribution >= 0.6 is 0 Å². The number of rotatable bonds is 20. The van der Waals surface area contributed by atoms with Gasteiger partial charge in [0.2, 0.25) is 10.0 Å². The minimum absolute atomic E-state index is 0.0356. The van der Waals surface area contributed by atoms with Crippen LogP contribution in [-0.4, -0.2) is 88.5 Å². The Hall–Kier alpha value is -3.42. The maximum atomic E-state index is 14.4. The first-order valence-electron chi connectivity index (χ1n) is 16.6. The van der Waals surface area contributed by atoms with Gasteiger partial charge >= 0.3 is 6.09 Å². The second-order valence-corrected chi connectivity index (χ2v) is 14.3. The van der Waals surface area contributed by atoms with Gasteiger partial charge in [0.1, 0.15) is 22.5 Å². The number of methoxy groups -OCH3 is 1. The Kier molecular flexibility index (Phi) is 14.3. The topological polar surface area (TPSA) is 133 Å². The fourth-order valence-corrected chi connectivity index (χ4v) is 7.68. The molecule has 2 heterocycles. The number of nitrogens with zero attached hydrogens (tertiary/aromatic N) is 1. The fraction of sp³-hybridized carbons (Fsp3) is 0.528. The minimum atomic E-state index is -4.21. The number of unbranched alkanes of at least 4 members (excludes halogenated alkanes) is 2. The number of allylic oxidation sites excluding steroid dienone is 2. The van der Waals surface area contributed by atoms with Gasteiger partial charge in [-0.05, 0) is 62.1 Å². The van der Waals surface area contributed by atoms with Gasteiger partial charge in [0.25, 0.3) is 0 Å². The van der Waals surface area contributed by atoms with Crippen LogP contribution < -0.4 is 14.8 Å². The maximum absolute atomic E-state index is 14.4. The van der Waals surface area contributed by atoms with Crippen LogP contribution in [0.2, 0.25) is 0 Å². The van der Waals surface area contributed by atoms with E-state index in [-0.39, 0.29) is 54.9 Å². The highest BCUT2D eigenvalue weighted by Crippen LogP contribution is 2.34. The molecule has 0 aromatic heterocycles. The third-order valence-corrected chi connectivity index (χ3v) is 10.5. The number of nitrogens with one attached hydrogen (secondary N) is 1. The van der Waals surface area contributed by atoms with E-state index in [4.69, 9.17) is 23.7 Å². The van der Waals surface area contributed by atoms with Crippen molar-refractivity contribution in [3.8, 4) is 11.5 Å². The summed E-state index contributed by atoms with van der Waals surface area (Å²) in [6, 6.07) is 13.1. The molecule has 2 N–H and O–H groups in total. The van der Waals surface area contributed by atoms with Crippen molar-refractivity contribution in [2.45, 2.75) is 74.9 Å². The van der Waals surface area contributed by atoms with Crippen molar-refractivity contribution in [1.82, 2.24) is 9.62 Å². The molecule has 0 bridgehead atoms. The Bertz CT molecular complexity index is 1440. The number of fused-ring (bicyclic) bond motifs is 1. The highest BCUT2D eigenvalue weighted by molar-refractivity contribution is 7.89. The first-order chi connectivity index (χ1) is 23.2. The molecule has 1 unspecified atom stereocenters. The van der Waals surface area contributed by atoms with Crippen LogP contribution in [0.25, 0.3) is 0 Å². The maximum Gasteiger partial charge on any atom is 0.407 e. The highest BCUT2D eigenvalue weighted by Gasteiger charge is 2.44. The largest absolute Gasteiger partial charge is 0.497 e. The number of alkyl carbamates (subject to hydrolysis) is 1. The molecule has 2 fully saturated rings. The van der Waals surface area contributed by atoms with Crippen LogP contribution in [0, 0.1) is 11.8 Å². The van der Waals surface area contributed by atoms with E-state index in [0.717, 1.165) is 24.8 Å². The van der Waals surface area contributed by atoms with Gasteiger partial charge in [0, 0.05) is 19.2 Å². The lowest BCUT2D eigenvalue weighted by Crippen LogP contribution is -2.51. The Labute approximate surface area is 284 Å². The molecular weight excluding hydrogens is 636 g/mol. The van der Waals surface area contributed by atoms with Crippen molar-refractivity contribution >= 4 is 16.1 Å². The molecule has 4 rings (SSSR count). The summed E-state index contributed by atoms with van der Waals surface area (Å²) in [5.74, 6) is 0.457. The summed E-state index contributed by atoms with van der Waals surface area (Å²) in [5.41, 5.74) is 0.854. The Morgan fingerprint density at radius 2 is 1.92 bits per heavy atom. The van der Waals surface area contributed by atoms with Crippen molar-refractivity contribution < 1.29 is 42.0 Å². The summed E-state index contributed by atoms with van der Waals surface area (Å²) in [4.78, 5) is 13.2. The molecule has 0 aliphatic carbocycles. The first kappa shape index (κ1) is 37.4. The molecule has 6 atom stereocenters. The lowest BCUT2D eigenvalue weighted by Gasteiger charge is -2.31. The fourth-order valence-electron chi connectivity index (χ4n) is 5.99. The van der Waals surface area contributed by atoms with E-state index in [1.165, 1.54) is 17.5 Å². The number of aliphatic hydroxyl groups is 1. The van der Waals surface area contributed by atoms with Crippen LogP contribution in [0.15, 0.2) is 78.7 Å². The number of benzene rings is 2. The van der Waals surface area contributed by atoms with E-state index < -0.39 is 34.4 Å². The first-order valence-corrected chi connectivity index (χ1v) is 18.0. The molecular formula is C36H50N2O9S. The molecule has 2 saturated heterocycles. The smallest absolute Gasteiger partial charge is 0.407 e. The van der Waals surface area contributed by atoms with Gasteiger partial charge in [-0.25, -0.2) is 13.2 Å². The zero-order valence-corrected chi connectivity index (χ0v) is 28.8. The van der Waals surface area contributed by atoms with Crippen molar-refractivity contribution in [2.75, 3.05) is 40.0 Å². The van der Waals surface area contributed by atoms with E-state index >= 15 is 0 Å². The standard InChI is InChI=1S/C36H50N2O9S/c1-5-7-8-12-19-44-32-22-28(43-4)16-17-34(32)48(41,42)38(23-26(3)13-6-2)24-31(39)30(21-27-14-10-9-11-15-27)37-36(40)47-33-25-46-35-29(33)18-20-45-35/h5-6,9-11,14-17,22,26,29-31,33,35,39H,1-2,7-8,12-13,18-21,23-25H2,3-4H3,(H,37,40)/t26?,29-,30-,31+,33-,35+/m0/s1. The number of aliphatic hydroxyl groups excluding tert-OH is 1. The summed E-state index contributed by atoms with van der Waals surface area (Å²) in [7, 11) is -2.71. The van der Waals surface area contributed by atoms with Crippen LogP contribution in [0.1, 0.15) is 44.6 Å².